The fourth-order valence-electron chi connectivity index (χ4n) is 2.85. The van der Waals surface area contributed by atoms with E-state index >= 15 is 0 Å². The Balaban J connectivity index is 1.59. The highest BCUT2D eigenvalue weighted by Gasteiger charge is 2.18. The monoisotopic (exact) mass is 370 g/mol. The third-order valence-corrected chi connectivity index (χ3v) is 5.17. The normalized spacial score (nSPS) is 13.0. The summed E-state index contributed by atoms with van der Waals surface area (Å²) >= 11 is 1.48. The number of likely N-dealkylation sites (N-methyl/N-ethyl adjacent to an activating group) is 1. The van der Waals surface area contributed by atoms with Crippen molar-refractivity contribution in [3.63, 3.8) is 0 Å². The highest BCUT2D eigenvalue weighted by atomic mass is 32.2. The number of ether oxygens (including phenoxy) is 1. The molecule has 0 bridgehead atoms. The number of thioether (sulfide) groups is 1. The van der Waals surface area contributed by atoms with E-state index in [-0.39, 0.29) is 11.8 Å². The highest BCUT2D eigenvalue weighted by molar-refractivity contribution is 8.00. The summed E-state index contributed by atoms with van der Waals surface area (Å²) in [4.78, 5) is 26.7. The van der Waals surface area contributed by atoms with E-state index in [1.54, 1.807) is 24.1 Å². The minimum Gasteiger partial charge on any atom is -0.492 e. The minimum atomic E-state index is -0.0957. The molecule has 1 aliphatic rings. The van der Waals surface area contributed by atoms with Crippen LogP contribution in [0.3, 0.4) is 0 Å². The first-order valence-corrected chi connectivity index (χ1v) is 9.44. The lowest BCUT2D eigenvalue weighted by Crippen LogP contribution is -2.31. The van der Waals surface area contributed by atoms with Gasteiger partial charge in [0.05, 0.1) is 18.0 Å². The van der Waals surface area contributed by atoms with Crippen molar-refractivity contribution < 1.29 is 14.3 Å². The van der Waals surface area contributed by atoms with Crippen molar-refractivity contribution in [1.82, 2.24) is 4.90 Å². The van der Waals surface area contributed by atoms with Crippen LogP contribution in [-0.4, -0.2) is 42.7 Å². The van der Waals surface area contributed by atoms with Crippen molar-refractivity contribution in [2.24, 2.45) is 0 Å². The SMILES string of the molecule is Cc1cc(C)cc(OCCN(C)C(=O)c2ccc3c(c2)NC(=O)CS3)c1. The number of carbonyl (C=O) groups is 2. The molecule has 0 aromatic heterocycles. The number of hydrogen-bond donors (Lipinski definition) is 1. The molecular weight excluding hydrogens is 348 g/mol. The fourth-order valence-corrected chi connectivity index (χ4v) is 3.64. The lowest BCUT2D eigenvalue weighted by atomic mass is 10.1. The van der Waals surface area contributed by atoms with Crippen LogP contribution in [0, 0.1) is 13.8 Å². The van der Waals surface area contributed by atoms with Gasteiger partial charge < -0.3 is 15.0 Å². The number of anilines is 1. The van der Waals surface area contributed by atoms with Gasteiger partial charge in [-0.2, -0.15) is 0 Å². The summed E-state index contributed by atoms with van der Waals surface area (Å²) in [6, 6.07) is 11.5. The summed E-state index contributed by atoms with van der Waals surface area (Å²) in [5.74, 6) is 1.09. The van der Waals surface area contributed by atoms with E-state index < -0.39 is 0 Å². The minimum absolute atomic E-state index is 0.0395. The van der Waals surface area contributed by atoms with Crippen molar-refractivity contribution in [2.45, 2.75) is 18.7 Å². The molecule has 0 unspecified atom stereocenters. The van der Waals surface area contributed by atoms with Gasteiger partial charge in [-0.15, -0.1) is 11.8 Å². The zero-order chi connectivity index (χ0) is 18.7. The van der Waals surface area contributed by atoms with E-state index in [2.05, 4.69) is 11.4 Å². The predicted molar refractivity (Wildman–Crippen MR) is 104 cm³/mol. The van der Waals surface area contributed by atoms with Crippen LogP contribution in [-0.2, 0) is 4.79 Å². The maximum absolute atomic E-state index is 12.6. The molecule has 0 radical (unpaired) electrons. The number of benzene rings is 2. The summed E-state index contributed by atoms with van der Waals surface area (Å²) in [6.45, 7) is 4.96. The molecule has 0 aliphatic carbocycles. The standard InChI is InChI=1S/C20H22N2O3S/c1-13-8-14(2)10-16(9-13)25-7-6-22(3)20(24)15-4-5-18-17(11-15)21-19(23)12-26-18/h4-5,8-11H,6-7,12H2,1-3H3,(H,21,23). The van der Waals surface area contributed by atoms with Gasteiger partial charge in [0.15, 0.2) is 0 Å². The van der Waals surface area contributed by atoms with Crippen LogP contribution in [0.5, 0.6) is 5.75 Å². The number of fused-ring (bicyclic) bond motifs is 1. The highest BCUT2D eigenvalue weighted by Crippen LogP contribution is 2.32. The average Bonchev–Trinajstić information content (AvgIpc) is 2.59. The molecule has 1 aliphatic heterocycles. The van der Waals surface area contributed by atoms with Crippen molar-refractivity contribution in [3.05, 3.63) is 53.1 Å². The quantitative estimate of drug-likeness (QED) is 0.875. The summed E-state index contributed by atoms with van der Waals surface area (Å²) in [5.41, 5.74) is 3.56. The molecule has 0 atom stereocenters. The van der Waals surface area contributed by atoms with Crippen LogP contribution in [0.2, 0.25) is 0 Å². The van der Waals surface area contributed by atoms with Crippen molar-refractivity contribution in [1.29, 1.82) is 0 Å². The Morgan fingerprint density at radius 1 is 1.19 bits per heavy atom. The molecule has 6 heteroatoms. The second-order valence-corrected chi connectivity index (χ2v) is 7.46. The van der Waals surface area contributed by atoms with Gasteiger partial charge in [-0.3, -0.25) is 9.59 Å². The molecular formula is C20H22N2O3S. The molecule has 5 nitrogen and oxygen atoms in total. The molecule has 2 aromatic rings. The third-order valence-electron chi connectivity index (χ3n) is 4.10. The first-order chi connectivity index (χ1) is 12.4. The first kappa shape index (κ1) is 18.3. The molecule has 136 valence electrons. The van der Waals surface area contributed by atoms with Gasteiger partial charge in [-0.25, -0.2) is 0 Å². The van der Waals surface area contributed by atoms with E-state index in [1.165, 1.54) is 11.8 Å². The maximum Gasteiger partial charge on any atom is 0.253 e. The van der Waals surface area contributed by atoms with Crippen LogP contribution in [0.15, 0.2) is 41.3 Å². The molecule has 26 heavy (non-hydrogen) atoms. The molecule has 2 aromatic carbocycles. The van der Waals surface area contributed by atoms with Crippen LogP contribution in [0.25, 0.3) is 0 Å². The van der Waals surface area contributed by atoms with E-state index in [0.717, 1.165) is 21.8 Å². The summed E-state index contributed by atoms with van der Waals surface area (Å²) in [5, 5.41) is 2.81. The molecule has 0 fully saturated rings. The van der Waals surface area contributed by atoms with E-state index in [9.17, 15) is 9.59 Å². The van der Waals surface area contributed by atoms with Gasteiger partial charge in [0.25, 0.3) is 5.91 Å². The second-order valence-electron chi connectivity index (χ2n) is 6.45. The maximum atomic E-state index is 12.6. The zero-order valence-corrected chi connectivity index (χ0v) is 16.0. The Hall–Kier alpha value is -2.47. The summed E-state index contributed by atoms with van der Waals surface area (Å²) in [7, 11) is 1.75. The number of amides is 2. The van der Waals surface area contributed by atoms with Gasteiger partial charge in [0.2, 0.25) is 5.91 Å². The Morgan fingerprint density at radius 2 is 1.92 bits per heavy atom. The first-order valence-electron chi connectivity index (χ1n) is 8.45. The Bertz CT molecular complexity index is 831. The van der Waals surface area contributed by atoms with Crippen LogP contribution >= 0.6 is 11.8 Å². The number of rotatable bonds is 5. The molecule has 1 heterocycles. The van der Waals surface area contributed by atoms with Crippen molar-refractivity contribution >= 4 is 29.3 Å². The zero-order valence-electron chi connectivity index (χ0n) is 15.2. The van der Waals surface area contributed by atoms with E-state index in [4.69, 9.17) is 4.74 Å². The smallest absolute Gasteiger partial charge is 0.253 e. The van der Waals surface area contributed by atoms with Gasteiger partial charge in [-0.1, -0.05) is 6.07 Å². The average molecular weight is 370 g/mol. The Kier molecular flexibility index (Phi) is 5.52. The van der Waals surface area contributed by atoms with Gasteiger partial charge in [-0.05, 0) is 55.3 Å². The summed E-state index contributed by atoms with van der Waals surface area (Å²) < 4.78 is 5.77. The summed E-state index contributed by atoms with van der Waals surface area (Å²) in [6.07, 6.45) is 0. The number of nitrogens with one attached hydrogen (secondary N) is 1. The third kappa shape index (κ3) is 4.38. The van der Waals surface area contributed by atoms with Gasteiger partial charge >= 0.3 is 0 Å². The molecule has 1 N–H and O–H groups in total. The van der Waals surface area contributed by atoms with E-state index in [0.29, 0.717) is 30.2 Å². The topological polar surface area (TPSA) is 58.6 Å². The van der Waals surface area contributed by atoms with Crippen LogP contribution in [0.4, 0.5) is 5.69 Å². The predicted octanol–water partition coefficient (Wildman–Crippen LogP) is 3.50. The van der Waals surface area contributed by atoms with Crippen molar-refractivity contribution in [2.75, 3.05) is 31.3 Å². The van der Waals surface area contributed by atoms with Gasteiger partial charge in [0, 0.05) is 17.5 Å². The van der Waals surface area contributed by atoms with Crippen LogP contribution in [0.1, 0.15) is 21.5 Å². The Morgan fingerprint density at radius 3 is 2.65 bits per heavy atom. The molecule has 0 spiro atoms. The Labute approximate surface area is 157 Å². The van der Waals surface area contributed by atoms with Gasteiger partial charge in [0.1, 0.15) is 12.4 Å². The lowest BCUT2D eigenvalue weighted by molar-refractivity contribution is -0.113. The van der Waals surface area contributed by atoms with Crippen molar-refractivity contribution in [3.8, 4) is 5.75 Å². The second kappa shape index (κ2) is 7.83. The largest absolute Gasteiger partial charge is 0.492 e. The fraction of sp³-hybridized carbons (Fsp3) is 0.300. The number of aryl methyl sites for hydroxylation is 2. The number of nitrogens with zero attached hydrogens (tertiary/aromatic N) is 1. The van der Waals surface area contributed by atoms with E-state index in [1.807, 2.05) is 32.0 Å². The molecule has 0 saturated carbocycles. The molecule has 3 rings (SSSR count). The number of carbonyl (C=O) groups excluding carboxylic acids is 2. The molecule has 2 amide bonds. The molecule has 0 saturated heterocycles. The van der Waals surface area contributed by atoms with Crippen LogP contribution < -0.4 is 10.1 Å². The lowest BCUT2D eigenvalue weighted by Gasteiger charge is -2.20. The number of hydrogen-bond acceptors (Lipinski definition) is 4.